The van der Waals surface area contributed by atoms with Crippen LogP contribution in [0.1, 0.15) is 45.7 Å². The van der Waals surface area contributed by atoms with Gasteiger partial charge in [0.15, 0.2) is 0 Å². The zero-order valence-electron chi connectivity index (χ0n) is 14.1. The highest BCUT2D eigenvalue weighted by Gasteiger charge is 2.24. The molecule has 2 amide bonds. The molecule has 1 aromatic heterocycles. The molecule has 1 aliphatic carbocycles. The summed E-state index contributed by atoms with van der Waals surface area (Å²) in [4.78, 5) is 27.5. The summed E-state index contributed by atoms with van der Waals surface area (Å²) in [6, 6.07) is 10.8. The van der Waals surface area contributed by atoms with E-state index in [0.29, 0.717) is 29.0 Å². The van der Waals surface area contributed by atoms with Gasteiger partial charge in [0.1, 0.15) is 0 Å². The minimum Gasteiger partial charge on any atom is -0.393 e. The minimum atomic E-state index is -0.255. The first-order chi connectivity index (χ1) is 12.1. The first kappa shape index (κ1) is 17.6. The molecule has 0 atom stereocenters. The standard InChI is InChI=1S/C19H22N2O3S/c1-21(19(24)17-7-4-12-25-17)16-6-3-2-5-15(16)18(23)20-13-8-10-14(22)11-9-13/h2-7,12-14,22H,8-11H2,1H3,(H,20,23). The van der Waals surface area contributed by atoms with Crippen molar-refractivity contribution in [3.8, 4) is 0 Å². The molecule has 1 aromatic carbocycles. The van der Waals surface area contributed by atoms with Crippen LogP contribution in [-0.4, -0.2) is 36.1 Å². The third-order valence-corrected chi connectivity index (χ3v) is 5.44. The molecule has 5 nitrogen and oxygen atoms in total. The third kappa shape index (κ3) is 4.08. The summed E-state index contributed by atoms with van der Waals surface area (Å²) < 4.78 is 0. The number of carbonyl (C=O) groups excluding carboxylic acids is 2. The van der Waals surface area contributed by atoms with E-state index in [0.717, 1.165) is 12.8 Å². The fourth-order valence-electron chi connectivity index (χ4n) is 3.12. The Labute approximate surface area is 151 Å². The van der Waals surface area contributed by atoms with Crippen LogP contribution in [0.3, 0.4) is 0 Å². The van der Waals surface area contributed by atoms with E-state index in [9.17, 15) is 14.7 Å². The van der Waals surface area contributed by atoms with Crippen LogP contribution >= 0.6 is 11.3 Å². The van der Waals surface area contributed by atoms with E-state index in [2.05, 4.69) is 5.32 Å². The van der Waals surface area contributed by atoms with Crippen molar-refractivity contribution >= 4 is 28.8 Å². The van der Waals surface area contributed by atoms with Crippen molar-refractivity contribution in [2.75, 3.05) is 11.9 Å². The van der Waals surface area contributed by atoms with Crippen molar-refractivity contribution in [2.45, 2.75) is 37.8 Å². The highest BCUT2D eigenvalue weighted by Crippen LogP contribution is 2.24. The molecule has 1 saturated carbocycles. The molecule has 1 heterocycles. The first-order valence-electron chi connectivity index (χ1n) is 8.46. The second kappa shape index (κ2) is 7.80. The lowest BCUT2D eigenvalue weighted by atomic mass is 9.93. The number of hydrogen-bond donors (Lipinski definition) is 2. The van der Waals surface area contributed by atoms with Gasteiger partial charge in [0.05, 0.1) is 22.2 Å². The van der Waals surface area contributed by atoms with Gasteiger partial charge < -0.3 is 15.3 Å². The van der Waals surface area contributed by atoms with Crippen LogP contribution < -0.4 is 10.2 Å². The Morgan fingerprint density at radius 2 is 1.84 bits per heavy atom. The number of amides is 2. The van der Waals surface area contributed by atoms with Gasteiger partial charge >= 0.3 is 0 Å². The number of thiophene rings is 1. The molecule has 0 aliphatic heterocycles. The molecule has 0 unspecified atom stereocenters. The van der Waals surface area contributed by atoms with Crippen LogP contribution in [0.4, 0.5) is 5.69 Å². The van der Waals surface area contributed by atoms with Gasteiger partial charge in [-0.3, -0.25) is 9.59 Å². The Morgan fingerprint density at radius 1 is 1.12 bits per heavy atom. The van der Waals surface area contributed by atoms with Gasteiger partial charge in [-0.1, -0.05) is 18.2 Å². The van der Waals surface area contributed by atoms with Gasteiger partial charge in [-0.25, -0.2) is 0 Å². The van der Waals surface area contributed by atoms with E-state index in [1.54, 1.807) is 31.3 Å². The van der Waals surface area contributed by atoms with Crippen molar-refractivity contribution in [1.29, 1.82) is 0 Å². The first-order valence-corrected chi connectivity index (χ1v) is 9.33. The average molecular weight is 358 g/mol. The summed E-state index contributed by atoms with van der Waals surface area (Å²) in [6.45, 7) is 0. The lowest BCUT2D eigenvalue weighted by molar-refractivity contribution is 0.0868. The molecule has 25 heavy (non-hydrogen) atoms. The van der Waals surface area contributed by atoms with Crippen LogP contribution in [-0.2, 0) is 0 Å². The Bertz CT molecular complexity index is 737. The van der Waals surface area contributed by atoms with Crippen LogP contribution in [0.5, 0.6) is 0 Å². The van der Waals surface area contributed by atoms with Crippen molar-refractivity contribution in [2.24, 2.45) is 0 Å². The Kier molecular flexibility index (Phi) is 5.50. The van der Waals surface area contributed by atoms with Gasteiger partial charge in [0.25, 0.3) is 11.8 Å². The van der Waals surface area contributed by atoms with Crippen LogP contribution in [0, 0.1) is 0 Å². The molecule has 0 saturated heterocycles. The second-order valence-corrected chi connectivity index (χ2v) is 7.29. The van der Waals surface area contributed by atoms with Crippen LogP contribution in [0.25, 0.3) is 0 Å². The van der Waals surface area contributed by atoms with Crippen molar-refractivity contribution in [3.63, 3.8) is 0 Å². The molecule has 132 valence electrons. The summed E-state index contributed by atoms with van der Waals surface area (Å²) in [5, 5.41) is 14.5. The third-order valence-electron chi connectivity index (χ3n) is 4.58. The maximum Gasteiger partial charge on any atom is 0.268 e. The predicted molar refractivity (Wildman–Crippen MR) is 99.2 cm³/mol. The van der Waals surface area contributed by atoms with E-state index in [1.165, 1.54) is 16.2 Å². The maximum atomic E-state index is 12.7. The Hall–Kier alpha value is -2.18. The molecule has 1 fully saturated rings. The number of aliphatic hydroxyl groups is 1. The predicted octanol–water partition coefficient (Wildman–Crippen LogP) is 3.06. The Morgan fingerprint density at radius 3 is 2.52 bits per heavy atom. The molecule has 1 aliphatic rings. The maximum absolute atomic E-state index is 12.7. The highest BCUT2D eigenvalue weighted by atomic mass is 32.1. The number of hydrogen-bond acceptors (Lipinski definition) is 4. The summed E-state index contributed by atoms with van der Waals surface area (Å²) >= 11 is 1.38. The molecule has 0 radical (unpaired) electrons. The number of para-hydroxylation sites is 1. The SMILES string of the molecule is CN(C(=O)c1cccs1)c1ccccc1C(=O)NC1CCC(O)CC1. The monoisotopic (exact) mass is 358 g/mol. The van der Waals surface area contributed by atoms with Gasteiger partial charge in [-0.2, -0.15) is 0 Å². The van der Waals surface area contributed by atoms with E-state index < -0.39 is 0 Å². The minimum absolute atomic E-state index is 0.0715. The van der Waals surface area contributed by atoms with Crippen molar-refractivity contribution in [3.05, 3.63) is 52.2 Å². The molecular formula is C19H22N2O3S. The molecule has 6 heteroatoms. The molecular weight excluding hydrogens is 336 g/mol. The lowest BCUT2D eigenvalue weighted by Gasteiger charge is -2.27. The summed E-state index contributed by atoms with van der Waals surface area (Å²) in [5.41, 5.74) is 1.08. The number of rotatable bonds is 4. The molecule has 0 spiro atoms. The van der Waals surface area contributed by atoms with E-state index in [-0.39, 0.29) is 24.0 Å². The van der Waals surface area contributed by atoms with E-state index in [1.807, 2.05) is 17.5 Å². The molecule has 2 N–H and O–H groups in total. The summed E-state index contributed by atoms with van der Waals surface area (Å²) in [7, 11) is 1.69. The number of nitrogens with zero attached hydrogens (tertiary/aromatic N) is 1. The van der Waals surface area contributed by atoms with Gasteiger partial charge in [0.2, 0.25) is 0 Å². The molecule has 3 rings (SSSR count). The summed E-state index contributed by atoms with van der Waals surface area (Å²) in [5.74, 6) is -0.307. The number of nitrogens with one attached hydrogen (secondary N) is 1. The lowest BCUT2D eigenvalue weighted by Crippen LogP contribution is -2.39. The fraction of sp³-hybridized carbons (Fsp3) is 0.368. The zero-order chi connectivity index (χ0) is 17.8. The topological polar surface area (TPSA) is 69.6 Å². The summed E-state index contributed by atoms with van der Waals surface area (Å²) in [6.07, 6.45) is 2.72. The zero-order valence-corrected chi connectivity index (χ0v) is 15.0. The van der Waals surface area contributed by atoms with Gasteiger partial charge in [-0.15, -0.1) is 11.3 Å². The number of carbonyl (C=O) groups is 2. The van der Waals surface area contributed by atoms with E-state index in [4.69, 9.17) is 0 Å². The molecule has 2 aromatic rings. The van der Waals surface area contributed by atoms with Crippen molar-refractivity contribution in [1.82, 2.24) is 5.32 Å². The number of aliphatic hydroxyl groups excluding tert-OH is 1. The smallest absolute Gasteiger partial charge is 0.268 e. The van der Waals surface area contributed by atoms with Gasteiger partial charge in [0, 0.05) is 13.1 Å². The second-order valence-electron chi connectivity index (χ2n) is 6.34. The largest absolute Gasteiger partial charge is 0.393 e. The van der Waals surface area contributed by atoms with Gasteiger partial charge in [-0.05, 0) is 49.3 Å². The van der Waals surface area contributed by atoms with Crippen molar-refractivity contribution < 1.29 is 14.7 Å². The van der Waals surface area contributed by atoms with Crippen LogP contribution in [0.2, 0.25) is 0 Å². The quantitative estimate of drug-likeness (QED) is 0.882. The average Bonchev–Trinajstić information content (AvgIpc) is 3.17. The number of benzene rings is 1. The number of anilines is 1. The fourth-order valence-corrected chi connectivity index (χ4v) is 3.81. The van der Waals surface area contributed by atoms with E-state index >= 15 is 0 Å². The molecule has 0 bridgehead atoms. The highest BCUT2D eigenvalue weighted by molar-refractivity contribution is 7.12. The Balaban J connectivity index is 1.76. The van der Waals surface area contributed by atoms with Crippen LogP contribution in [0.15, 0.2) is 41.8 Å². The normalized spacial score (nSPS) is 20.1.